The van der Waals surface area contributed by atoms with Gasteiger partial charge in [-0.3, -0.25) is 4.79 Å². The number of aryl methyl sites for hydroxylation is 2. The minimum Gasteiger partial charge on any atom is -0.316 e. The number of hydrogen-bond acceptors (Lipinski definition) is 2. The van der Waals surface area contributed by atoms with Crippen LogP contribution in [0.15, 0.2) is 42.5 Å². The van der Waals surface area contributed by atoms with Crippen LogP contribution in [-0.4, -0.2) is 22.0 Å². The molecule has 0 unspecified atom stereocenters. The number of terminal acetylenes is 1. The molecule has 3 aromatic rings. The van der Waals surface area contributed by atoms with Crippen molar-refractivity contribution < 1.29 is 4.79 Å². The Kier molecular flexibility index (Phi) is 4.00. The molecule has 0 radical (unpaired) electrons. The Hall–Kier alpha value is -3.06. The summed E-state index contributed by atoms with van der Waals surface area (Å²) >= 11 is 0. The molecule has 130 valence electrons. The number of aromatic nitrogens is 2. The van der Waals surface area contributed by atoms with Crippen LogP contribution in [0.5, 0.6) is 0 Å². The third kappa shape index (κ3) is 2.66. The molecule has 0 aliphatic carbocycles. The van der Waals surface area contributed by atoms with Crippen molar-refractivity contribution in [2.45, 2.75) is 32.7 Å². The quantitative estimate of drug-likeness (QED) is 0.678. The summed E-state index contributed by atoms with van der Waals surface area (Å²) < 4.78 is 2.07. The van der Waals surface area contributed by atoms with E-state index in [0.717, 1.165) is 28.1 Å². The summed E-state index contributed by atoms with van der Waals surface area (Å²) in [5.74, 6) is 3.81. The predicted octanol–water partition coefficient (Wildman–Crippen LogP) is 3.81. The SMILES string of the molecule is C#CCn1c([C@H]2CC(=O)N(c3ccc(C)cc3C)C2)nc2ccccc21. The number of carbonyl (C=O) groups is 1. The van der Waals surface area contributed by atoms with Gasteiger partial charge < -0.3 is 9.47 Å². The Bertz CT molecular complexity index is 1040. The number of benzene rings is 2. The lowest BCUT2D eigenvalue weighted by molar-refractivity contribution is -0.117. The zero-order chi connectivity index (χ0) is 18.3. The second-order valence-corrected chi connectivity index (χ2v) is 6.94. The number of carbonyl (C=O) groups excluding carboxylic acids is 1. The molecule has 1 fully saturated rings. The fourth-order valence-corrected chi connectivity index (χ4v) is 3.88. The van der Waals surface area contributed by atoms with Gasteiger partial charge in [-0.15, -0.1) is 6.42 Å². The van der Waals surface area contributed by atoms with E-state index in [1.165, 1.54) is 5.56 Å². The second kappa shape index (κ2) is 6.34. The number of fused-ring (bicyclic) bond motifs is 1. The van der Waals surface area contributed by atoms with Gasteiger partial charge in [0.1, 0.15) is 5.82 Å². The van der Waals surface area contributed by atoms with E-state index in [4.69, 9.17) is 11.4 Å². The summed E-state index contributed by atoms with van der Waals surface area (Å²) in [6.45, 7) is 5.21. The van der Waals surface area contributed by atoms with E-state index in [0.29, 0.717) is 19.5 Å². The normalized spacial score (nSPS) is 17.0. The molecule has 1 saturated heterocycles. The molecule has 1 atom stereocenters. The van der Waals surface area contributed by atoms with Crippen LogP contribution in [0, 0.1) is 26.2 Å². The minimum atomic E-state index is 0.0453. The molecule has 1 amide bonds. The van der Waals surface area contributed by atoms with Crippen LogP contribution in [0.2, 0.25) is 0 Å². The van der Waals surface area contributed by atoms with Gasteiger partial charge in [-0.2, -0.15) is 0 Å². The Morgan fingerprint density at radius 2 is 2.04 bits per heavy atom. The monoisotopic (exact) mass is 343 g/mol. The standard InChI is InChI=1S/C22H21N3O/c1-4-11-24-20-8-6-5-7-18(20)23-22(24)17-13-21(26)25(14-17)19-10-9-15(2)12-16(19)3/h1,5-10,12,17H,11,13-14H2,2-3H3/t17-/m0/s1. The Morgan fingerprint density at radius 3 is 2.81 bits per heavy atom. The van der Waals surface area contributed by atoms with Crippen LogP contribution < -0.4 is 4.90 Å². The van der Waals surface area contributed by atoms with E-state index in [1.807, 2.05) is 35.2 Å². The molecule has 0 saturated carbocycles. The number of nitrogens with zero attached hydrogens (tertiary/aromatic N) is 3. The average molecular weight is 343 g/mol. The highest BCUT2D eigenvalue weighted by atomic mass is 16.2. The van der Waals surface area contributed by atoms with Crippen molar-refractivity contribution in [3.8, 4) is 12.3 Å². The number of rotatable bonds is 3. The lowest BCUT2D eigenvalue weighted by Crippen LogP contribution is -2.25. The van der Waals surface area contributed by atoms with Crippen molar-refractivity contribution in [1.82, 2.24) is 9.55 Å². The first-order valence-corrected chi connectivity index (χ1v) is 8.84. The van der Waals surface area contributed by atoms with Gasteiger partial charge in [0.05, 0.1) is 17.6 Å². The van der Waals surface area contributed by atoms with E-state index in [9.17, 15) is 4.79 Å². The molecule has 0 spiro atoms. The molecule has 0 N–H and O–H groups in total. The molecular formula is C22H21N3O. The number of para-hydroxylation sites is 2. The molecule has 0 bridgehead atoms. The maximum atomic E-state index is 12.7. The van der Waals surface area contributed by atoms with Crippen molar-refractivity contribution in [3.05, 3.63) is 59.4 Å². The van der Waals surface area contributed by atoms with Gasteiger partial charge in [-0.05, 0) is 37.6 Å². The summed E-state index contributed by atoms with van der Waals surface area (Å²) in [6.07, 6.45) is 6.04. The van der Waals surface area contributed by atoms with Gasteiger partial charge in [0, 0.05) is 24.6 Å². The molecule has 4 nitrogen and oxygen atoms in total. The lowest BCUT2D eigenvalue weighted by Gasteiger charge is -2.19. The van der Waals surface area contributed by atoms with Gasteiger partial charge >= 0.3 is 0 Å². The summed E-state index contributed by atoms with van der Waals surface area (Å²) in [7, 11) is 0. The predicted molar refractivity (Wildman–Crippen MR) is 104 cm³/mol. The molecule has 1 aliphatic rings. The third-order valence-electron chi connectivity index (χ3n) is 5.07. The largest absolute Gasteiger partial charge is 0.316 e. The van der Waals surface area contributed by atoms with Gasteiger partial charge in [-0.1, -0.05) is 35.7 Å². The molecular weight excluding hydrogens is 322 g/mol. The van der Waals surface area contributed by atoms with E-state index in [-0.39, 0.29) is 11.8 Å². The van der Waals surface area contributed by atoms with Gasteiger partial charge in [0.25, 0.3) is 0 Å². The smallest absolute Gasteiger partial charge is 0.227 e. The molecule has 1 aliphatic heterocycles. The Balaban J connectivity index is 1.72. The Morgan fingerprint density at radius 1 is 1.23 bits per heavy atom. The average Bonchev–Trinajstić information content (AvgIpc) is 3.17. The molecule has 26 heavy (non-hydrogen) atoms. The highest BCUT2D eigenvalue weighted by molar-refractivity contribution is 5.97. The highest BCUT2D eigenvalue weighted by Crippen LogP contribution is 2.34. The molecule has 2 aromatic carbocycles. The summed E-state index contributed by atoms with van der Waals surface area (Å²) in [6, 6.07) is 14.2. The molecule has 4 rings (SSSR count). The van der Waals surface area contributed by atoms with Crippen LogP contribution in [0.1, 0.15) is 29.3 Å². The van der Waals surface area contributed by atoms with Crippen LogP contribution in [0.4, 0.5) is 5.69 Å². The van der Waals surface area contributed by atoms with Crippen LogP contribution in [0.25, 0.3) is 11.0 Å². The minimum absolute atomic E-state index is 0.0453. The topological polar surface area (TPSA) is 38.1 Å². The molecule has 2 heterocycles. The molecule has 4 heteroatoms. The zero-order valence-corrected chi connectivity index (χ0v) is 15.1. The Labute approximate surface area is 153 Å². The number of anilines is 1. The van der Waals surface area contributed by atoms with Crippen molar-refractivity contribution in [1.29, 1.82) is 0 Å². The van der Waals surface area contributed by atoms with Gasteiger partial charge in [-0.25, -0.2) is 4.98 Å². The van der Waals surface area contributed by atoms with E-state index in [1.54, 1.807) is 0 Å². The number of hydrogen-bond donors (Lipinski definition) is 0. The first-order chi connectivity index (χ1) is 12.6. The lowest BCUT2D eigenvalue weighted by atomic mass is 10.1. The summed E-state index contributed by atoms with van der Waals surface area (Å²) in [5.41, 5.74) is 5.26. The summed E-state index contributed by atoms with van der Waals surface area (Å²) in [4.78, 5) is 19.4. The summed E-state index contributed by atoms with van der Waals surface area (Å²) in [5, 5.41) is 0. The first kappa shape index (κ1) is 16.4. The first-order valence-electron chi connectivity index (χ1n) is 8.84. The van der Waals surface area contributed by atoms with Crippen molar-refractivity contribution in [3.63, 3.8) is 0 Å². The van der Waals surface area contributed by atoms with Crippen molar-refractivity contribution in [2.24, 2.45) is 0 Å². The van der Waals surface area contributed by atoms with Crippen LogP contribution in [0.3, 0.4) is 0 Å². The maximum Gasteiger partial charge on any atom is 0.227 e. The van der Waals surface area contributed by atoms with E-state index in [2.05, 4.69) is 36.5 Å². The van der Waals surface area contributed by atoms with Crippen molar-refractivity contribution in [2.75, 3.05) is 11.4 Å². The second-order valence-electron chi connectivity index (χ2n) is 6.94. The van der Waals surface area contributed by atoms with E-state index >= 15 is 0 Å². The fraction of sp³-hybridized carbons (Fsp3) is 0.273. The molecule has 1 aromatic heterocycles. The van der Waals surface area contributed by atoms with E-state index < -0.39 is 0 Å². The van der Waals surface area contributed by atoms with Gasteiger partial charge in [0.15, 0.2) is 0 Å². The van der Waals surface area contributed by atoms with Crippen molar-refractivity contribution >= 4 is 22.6 Å². The van der Waals surface area contributed by atoms with Crippen LogP contribution in [-0.2, 0) is 11.3 Å². The number of imidazole rings is 1. The maximum absolute atomic E-state index is 12.7. The zero-order valence-electron chi connectivity index (χ0n) is 15.1. The third-order valence-corrected chi connectivity index (χ3v) is 5.07. The highest BCUT2D eigenvalue weighted by Gasteiger charge is 2.35. The number of amides is 1. The van der Waals surface area contributed by atoms with Crippen LogP contribution >= 0.6 is 0 Å². The fourth-order valence-electron chi connectivity index (χ4n) is 3.88. The van der Waals surface area contributed by atoms with Gasteiger partial charge in [0.2, 0.25) is 5.91 Å².